The third kappa shape index (κ3) is 15.8. The Labute approximate surface area is 289 Å². The molecule has 13 nitrogen and oxygen atoms in total. The van der Waals surface area contributed by atoms with Crippen molar-refractivity contribution in [3.63, 3.8) is 0 Å². The highest BCUT2D eigenvalue weighted by Crippen LogP contribution is 2.45. The van der Waals surface area contributed by atoms with E-state index in [1.807, 2.05) is 12.2 Å². The van der Waals surface area contributed by atoms with Crippen molar-refractivity contribution in [1.82, 2.24) is 20.0 Å². The zero-order valence-corrected chi connectivity index (χ0v) is 29.8. The summed E-state index contributed by atoms with van der Waals surface area (Å²) in [6.07, 6.45) is 29.5. The van der Waals surface area contributed by atoms with Crippen molar-refractivity contribution in [2.45, 2.75) is 89.3 Å². The number of aliphatic hydroxyl groups excluding tert-OH is 1. The summed E-state index contributed by atoms with van der Waals surface area (Å²) in [7, 11) is -2.66. The Morgan fingerprint density at radius 2 is 1.57 bits per heavy atom. The van der Waals surface area contributed by atoms with Gasteiger partial charge in [-0.25, -0.2) is 14.4 Å². The molecule has 5 atom stereocenters. The third-order valence-electron chi connectivity index (χ3n) is 7.40. The van der Waals surface area contributed by atoms with Crippen LogP contribution in [0.15, 0.2) is 90.0 Å². The third-order valence-corrected chi connectivity index (χ3v) is 8.98. The van der Waals surface area contributed by atoms with Crippen LogP contribution >= 0.6 is 7.75 Å². The molecule has 0 saturated carbocycles. The summed E-state index contributed by atoms with van der Waals surface area (Å²) in [5.74, 6) is -0.162. The molecule has 1 aromatic rings. The average Bonchev–Trinajstić information content (AvgIpc) is 3.30. The monoisotopic (exact) mass is 703 g/mol. The largest absolute Gasteiger partial charge is 0.405 e. The van der Waals surface area contributed by atoms with E-state index in [0.29, 0.717) is 12.8 Å². The van der Waals surface area contributed by atoms with Crippen molar-refractivity contribution >= 4 is 19.5 Å². The number of carbonyl (C=O) groups excluding carboxylic acids is 1. The molecule has 5 unspecified atom stereocenters. The van der Waals surface area contributed by atoms with Crippen LogP contribution in [0, 0.1) is 0 Å². The number of nitrogens with two attached hydrogens (primary N) is 1. The molecule has 1 saturated heterocycles. The predicted octanol–water partition coefficient (Wildman–Crippen LogP) is 4.79. The summed E-state index contributed by atoms with van der Waals surface area (Å²) in [5.41, 5.74) is 2.85. The molecule has 1 aliphatic rings. The van der Waals surface area contributed by atoms with Gasteiger partial charge in [0, 0.05) is 32.8 Å². The summed E-state index contributed by atoms with van der Waals surface area (Å²) < 4.78 is 30.1. The Kier molecular flexibility index (Phi) is 19.7. The van der Waals surface area contributed by atoms with Crippen molar-refractivity contribution in [3.8, 4) is 0 Å². The zero-order valence-electron chi connectivity index (χ0n) is 28.9. The van der Waals surface area contributed by atoms with Gasteiger partial charge in [0.2, 0.25) is 5.91 Å². The first kappa shape index (κ1) is 41.7. The lowest BCUT2D eigenvalue weighted by atomic mass is 9.96. The molecular formula is C35H54N5O8P. The van der Waals surface area contributed by atoms with E-state index in [9.17, 15) is 24.4 Å². The SMILES string of the molecule is CCC=CCC=CCC=CCC=CCC=CCC=CCCC(=O)NCCNP(=O)(OC)OCC1OC(n2ccc(N)nc2=O)C(C)(O)C1O. The normalized spacial score (nSPS) is 22.9. The lowest BCUT2D eigenvalue weighted by molar-refractivity contribution is -0.120. The summed E-state index contributed by atoms with van der Waals surface area (Å²) in [5, 5.41) is 26.8. The maximum absolute atomic E-state index is 13.0. The van der Waals surface area contributed by atoms with Crippen LogP contribution in [-0.2, 0) is 23.1 Å². The van der Waals surface area contributed by atoms with Crippen LogP contribution in [0.1, 0.15) is 71.4 Å². The van der Waals surface area contributed by atoms with E-state index >= 15 is 0 Å². The molecule has 272 valence electrons. The van der Waals surface area contributed by atoms with Gasteiger partial charge in [0.05, 0.1) is 6.61 Å². The minimum atomic E-state index is -3.85. The fourth-order valence-corrected chi connectivity index (χ4v) is 5.71. The molecule has 1 aromatic heterocycles. The number of hydrogen-bond donors (Lipinski definition) is 5. The number of carbonyl (C=O) groups is 1. The molecule has 49 heavy (non-hydrogen) atoms. The fraction of sp³-hybridized carbons (Fsp3) is 0.514. The first-order valence-electron chi connectivity index (χ1n) is 16.7. The second-order valence-electron chi connectivity index (χ2n) is 11.4. The topological polar surface area (TPSA) is 187 Å². The zero-order chi connectivity index (χ0) is 36.0. The molecule has 1 fully saturated rings. The Hall–Kier alpha value is -3.42. The lowest BCUT2D eigenvalue weighted by Crippen LogP contribution is -2.46. The summed E-state index contributed by atoms with van der Waals surface area (Å²) in [6.45, 7) is 3.25. The molecule has 0 radical (unpaired) electrons. The molecular weight excluding hydrogens is 649 g/mol. The summed E-state index contributed by atoms with van der Waals surface area (Å²) in [6, 6.07) is 1.35. The van der Waals surface area contributed by atoms with Gasteiger partial charge in [-0.15, -0.1) is 0 Å². The van der Waals surface area contributed by atoms with Gasteiger partial charge in [-0.3, -0.25) is 13.9 Å². The van der Waals surface area contributed by atoms with Gasteiger partial charge in [0.15, 0.2) is 6.23 Å². The Bertz CT molecular complexity index is 1420. The Balaban J connectivity index is 1.58. The Morgan fingerprint density at radius 1 is 1.02 bits per heavy atom. The van der Waals surface area contributed by atoms with Gasteiger partial charge in [-0.05, 0) is 57.9 Å². The number of allylic oxidation sites excluding steroid dienone is 12. The number of anilines is 1. The second kappa shape index (κ2) is 23.1. The van der Waals surface area contributed by atoms with Crippen LogP contribution in [0.3, 0.4) is 0 Å². The van der Waals surface area contributed by atoms with Crippen LogP contribution in [0.5, 0.6) is 0 Å². The van der Waals surface area contributed by atoms with Gasteiger partial charge in [0.1, 0.15) is 23.6 Å². The van der Waals surface area contributed by atoms with Gasteiger partial charge in [-0.1, -0.05) is 79.8 Å². The molecule has 2 heterocycles. The van der Waals surface area contributed by atoms with E-state index in [4.69, 9.17) is 19.5 Å². The average molecular weight is 704 g/mol. The number of nitrogen functional groups attached to an aromatic ring is 1. The van der Waals surface area contributed by atoms with E-state index in [-0.39, 0.29) is 24.8 Å². The smallest absolute Gasteiger partial charge is 0.387 e. The van der Waals surface area contributed by atoms with Gasteiger partial charge < -0.3 is 30.5 Å². The molecule has 6 N–H and O–H groups in total. The molecule has 1 amide bonds. The molecule has 0 bridgehead atoms. The van der Waals surface area contributed by atoms with Crippen LogP contribution in [0.25, 0.3) is 0 Å². The number of aliphatic hydroxyl groups is 2. The van der Waals surface area contributed by atoms with Gasteiger partial charge in [0.25, 0.3) is 0 Å². The number of hydrogen-bond acceptors (Lipinski definition) is 10. The minimum Gasteiger partial charge on any atom is -0.387 e. The molecule has 0 spiro atoms. The van der Waals surface area contributed by atoms with E-state index in [2.05, 4.69) is 83.1 Å². The van der Waals surface area contributed by atoms with Gasteiger partial charge >= 0.3 is 13.4 Å². The van der Waals surface area contributed by atoms with Crippen molar-refractivity contribution in [2.24, 2.45) is 0 Å². The number of ether oxygens (including phenoxy) is 1. The molecule has 0 aromatic carbocycles. The number of rotatable bonds is 23. The summed E-state index contributed by atoms with van der Waals surface area (Å²) in [4.78, 5) is 28.0. The number of amides is 1. The van der Waals surface area contributed by atoms with E-state index in [0.717, 1.165) is 43.1 Å². The molecule has 2 rings (SSSR count). The number of nitrogens with zero attached hydrogens (tertiary/aromatic N) is 2. The molecule has 0 aliphatic carbocycles. The molecule has 1 aliphatic heterocycles. The highest BCUT2D eigenvalue weighted by atomic mass is 31.2. The first-order chi connectivity index (χ1) is 23.5. The fourth-order valence-electron chi connectivity index (χ4n) is 4.65. The van der Waals surface area contributed by atoms with Crippen LogP contribution in [-0.4, -0.2) is 70.3 Å². The van der Waals surface area contributed by atoms with Crippen molar-refractivity contribution in [1.29, 1.82) is 0 Å². The second-order valence-corrected chi connectivity index (χ2v) is 13.4. The Morgan fingerprint density at radius 3 is 2.10 bits per heavy atom. The molecule has 14 heteroatoms. The number of nitrogens with one attached hydrogen (secondary N) is 2. The lowest BCUT2D eigenvalue weighted by Gasteiger charge is -2.27. The highest BCUT2D eigenvalue weighted by molar-refractivity contribution is 7.51. The van der Waals surface area contributed by atoms with Crippen molar-refractivity contribution in [3.05, 3.63) is 95.7 Å². The minimum absolute atomic E-state index is 0.00694. The summed E-state index contributed by atoms with van der Waals surface area (Å²) >= 11 is 0. The highest BCUT2D eigenvalue weighted by Gasteiger charge is 2.54. The maximum Gasteiger partial charge on any atom is 0.405 e. The van der Waals surface area contributed by atoms with E-state index < -0.39 is 44.1 Å². The quantitative estimate of drug-likeness (QED) is 0.0599. The maximum atomic E-state index is 13.0. The first-order valence-corrected chi connectivity index (χ1v) is 18.2. The number of aromatic nitrogens is 2. The predicted molar refractivity (Wildman–Crippen MR) is 192 cm³/mol. The van der Waals surface area contributed by atoms with Crippen LogP contribution < -0.4 is 21.8 Å². The standard InChI is InChI=1S/C35H54N5O8P/c1-4-5-6-7-8-9-10-11-12-13-14-15-16-17-18-19-20-21-22-23-31(41)37-25-26-38-49(45,46-3)47-28-29-32(42)35(2,44)33(48-29)40-27-24-30(36)39-34(40)43/h5-6,8-9,11-12,14-15,17-18,20-21,24,27,29,32-33,42,44H,4,7,10,13,16,19,22-23,25-26,28H2,1-3H3,(H,37,41)(H,38,45)(H2,36,39,43). The van der Waals surface area contributed by atoms with Crippen LogP contribution in [0.2, 0.25) is 0 Å². The van der Waals surface area contributed by atoms with Crippen molar-refractivity contribution < 1.29 is 33.4 Å². The van der Waals surface area contributed by atoms with E-state index in [1.54, 1.807) is 0 Å². The van der Waals surface area contributed by atoms with E-state index in [1.165, 1.54) is 26.3 Å². The van der Waals surface area contributed by atoms with Crippen molar-refractivity contribution in [2.75, 3.05) is 32.5 Å². The van der Waals surface area contributed by atoms with Gasteiger partial charge in [-0.2, -0.15) is 4.98 Å². The van der Waals surface area contributed by atoms with Crippen LogP contribution in [0.4, 0.5) is 5.82 Å².